The zero-order chi connectivity index (χ0) is 21.2. The maximum absolute atomic E-state index is 13.1. The van der Waals surface area contributed by atoms with Crippen LogP contribution in [0.25, 0.3) is 0 Å². The summed E-state index contributed by atoms with van der Waals surface area (Å²) in [6.45, 7) is 7.83. The van der Waals surface area contributed by atoms with Gasteiger partial charge in [0.15, 0.2) is 12.4 Å². The predicted octanol–water partition coefficient (Wildman–Crippen LogP) is 3.42. The molecule has 2 aromatic rings. The van der Waals surface area contributed by atoms with Crippen LogP contribution >= 0.6 is 0 Å². The van der Waals surface area contributed by atoms with Gasteiger partial charge >= 0.3 is 5.97 Å². The molecule has 1 aliphatic heterocycles. The van der Waals surface area contributed by atoms with Crippen molar-refractivity contribution in [2.75, 3.05) is 6.54 Å². The summed E-state index contributed by atoms with van der Waals surface area (Å²) in [5, 5.41) is 3.83. The SMILES string of the molecule is Cc1ccc(S(=O)(=O)N2CCCCC2C)cc1C(=O)OCc1nc(C(C)C)no1. The van der Waals surface area contributed by atoms with E-state index < -0.39 is 16.0 Å². The van der Waals surface area contributed by atoms with Gasteiger partial charge in [-0.2, -0.15) is 9.29 Å². The summed E-state index contributed by atoms with van der Waals surface area (Å²) < 4.78 is 38.0. The Labute approximate surface area is 171 Å². The van der Waals surface area contributed by atoms with Gasteiger partial charge in [0.05, 0.1) is 10.5 Å². The van der Waals surface area contributed by atoms with E-state index in [0.717, 1.165) is 19.3 Å². The molecular weight excluding hydrogens is 394 g/mol. The molecular formula is C20H27N3O5S. The van der Waals surface area contributed by atoms with Crippen molar-refractivity contribution in [1.82, 2.24) is 14.4 Å². The number of rotatable bonds is 6. The van der Waals surface area contributed by atoms with Crippen molar-refractivity contribution >= 4 is 16.0 Å². The zero-order valence-corrected chi connectivity index (χ0v) is 18.0. The Morgan fingerprint density at radius 3 is 2.76 bits per heavy atom. The number of benzene rings is 1. The standard InChI is InChI=1S/C20H27N3O5S/c1-13(2)19-21-18(28-22-19)12-27-20(24)17-11-16(9-8-14(17)3)29(25,26)23-10-6-5-7-15(23)4/h8-9,11,13,15H,5-7,10,12H2,1-4H3. The number of nitrogens with zero attached hydrogens (tertiary/aromatic N) is 3. The van der Waals surface area contributed by atoms with Crippen molar-refractivity contribution in [3.05, 3.63) is 41.0 Å². The summed E-state index contributed by atoms with van der Waals surface area (Å²) in [5.41, 5.74) is 0.841. The first-order valence-corrected chi connectivity index (χ1v) is 11.3. The third-order valence-electron chi connectivity index (χ3n) is 5.10. The monoisotopic (exact) mass is 421 g/mol. The molecule has 0 amide bonds. The number of carbonyl (C=O) groups is 1. The lowest BCUT2D eigenvalue weighted by Crippen LogP contribution is -2.41. The van der Waals surface area contributed by atoms with Gasteiger partial charge in [-0.05, 0) is 44.4 Å². The Bertz CT molecular complexity index is 984. The van der Waals surface area contributed by atoms with Crippen LogP contribution in [0.4, 0.5) is 0 Å². The zero-order valence-electron chi connectivity index (χ0n) is 17.2. The first-order valence-electron chi connectivity index (χ1n) is 9.82. The molecule has 0 N–H and O–H groups in total. The van der Waals surface area contributed by atoms with Gasteiger partial charge in [0, 0.05) is 18.5 Å². The van der Waals surface area contributed by atoms with E-state index in [0.29, 0.717) is 17.9 Å². The van der Waals surface area contributed by atoms with Gasteiger partial charge in [0.1, 0.15) is 0 Å². The number of hydrogen-bond donors (Lipinski definition) is 0. The van der Waals surface area contributed by atoms with Crippen molar-refractivity contribution in [3.63, 3.8) is 0 Å². The van der Waals surface area contributed by atoms with E-state index >= 15 is 0 Å². The number of carbonyl (C=O) groups excluding carboxylic acids is 1. The van der Waals surface area contributed by atoms with Crippen molar-refractivity contribution in [3.8, 4) is 0 Å². The van der Waals surface area contributed by atoms with Crippen molar-refractivity contribution < 1.29 is 22.5 Å². The minimum Gasteiger partial charge on any atom is -0.452 e. The maximum atomic E-state index is 13.1. The number of sulfonamides is 1. The topological polar surface area (TPSA) is 103 Å². The molecule has 9 heteroatoms. The normalized spacial score (nSPS) is 18.2. The summed E-state index contributed by atoms with van der Waals surface area (Å²) in [4.78, 5) is 16.8. The molecule has 29 heavy (non-hydrogen) atoms. The van der Waals surface area contributed by atoms with E-state index in [4.69, 9.17) is 9.26 Å². The molecule has 1 aromatic heterocycles. The van der Waals surface area contributed by atoms with Crippen molar-refractivity contribution in [2.24, 2.45) is 0 Å². The Morgan fingerprint density at radius 1 is 1.34 bits per heavy atom. The molecule has 0 bridgehead atoms. The van der Waals surface area contributed by atoms with Gasteiger partial charge in [-0.25, -0.2) is 13.2 Å². The summed E-state index contributed by atoms with van der Waals surface area (Å²) >= 11 is 0. The van der Waals surface area contributed by atoms with E-state index in [9.17, 15) is 13.2 Å². The van der Waals surface area contributed by atoms with Gasteiger partial charge in [-0.3, -0.25) is 0 Å². The van der Waals surface area contributed by atoms with Gasteiger partial charge in [-0.15, -0.1) is 0 Å². The highest BCUT2D eigenvalue weighted by Gasteiger charge is 2.31. The van der Waals surface area contributed by atoms with Crippen LogP contribution < -0.4 is 0 Å². The van der Waals surface area contributed by atoms with Crippen LogP contribution in [0.15, 0.2) is 27.6 Å². The van der Waals surface area contributed by atoms with Crippen LogP contribution in [-0.2, 0) is 21.4 Å². The number of piperidine rings is 1. The molecule has 1 aromatic carbocycles. The van der Waals surface area contributed by atoms with Gasteiger partial charge < -0.3 is 9.26 Å². The molecule has 8 nitrogen and oxygen atoms in total. The third-order valence-corrected chi connectivity index (χ3v) is 7.11. The minimum atomic E-state index is -3.67. The second-order valence-electron chi connectivity index (χ2n) is 7.71. The maximum Gasteiger partial charge on any atom is 0.338 e. The second kappa shape index (κ2) is 8.62. The number of ether oxygens (including phenoxy) is 1. The molecule has 1 unspecified atom stereocenters. The van der Waals surface area contributed by atoms with Gasteiger partial charge in [-0.1, -0.05) is 31.5 Å². The van der Waals surface area contributed by atoms with Crippen molar-refractivity contribution in [1.29, 1.82) is 0 Å². The Kier molecular flexibility index (Phi) is 6.38. The summed E-state index contributed by atoms with van der Waals surface area (Å²) in [6, 6.07) is 4.50. The fourth-order valence-electron chi connectivity index (χ4n) is 3.31. The highest BCUT2D eigenvalue weighted by molar-refractivity contribution is 7.89. The lowest BCUT2D eigenvalue weighted by molar-refractivity contribution is 0.0428. The third kappa shape index (κ3) is 4.67. The first kappa shape index (κ1) is 21.4. The predicted molar refractivity (Wildman–Crippen MR) is 106 cm³/mol. The summed E-state index contributed by atoms with van der Waals surface area (Å²) in [5.74, 6) is 0.210. The number of aromatic nitrogens is 2. The Morgan fingerprint density at radius 2 is 2.10 bits per heavy atom. The Hall–Kier alpha value is -2.26. The van der Waals surface area contributed by atoms with Crippen LogP contribution in [0.1, 0.15) is 73.6 Å². The second-order valence-corrected chi connectivity index (χ2v) is 9.60. The molecule has 1 aliphatic rings. The van der Waals surface area contributed by atoms with Gasteiger partial charge in [0.2, 0.25) is 10.0 Å². The van der Waals surface area contributed by atoms with E-state index in [2.05, 4.69) is 10.1 Å². The average molecular weight is 422 g/mol. The number of hydrogen-bond acceptors (Lipinski definition) is 7. The molecule has 1 atom stereocenters. The van der Waals surface area contributed by atoms with Crippen LogP contribution in [0, 0.1) is 6.92 Å². The molecule has 2 heterocycles. The molecule has 3 rings (SSSR count). The number of esters is 1. The number of aryl methyl sites for hydroxylation is 1. The minimum absolute atomic E-state index is 0.0573. The summed E-state index contributed by atoms with van der Waals surface area (Å²) in [6.07, 6.45) is 2.70. The lowest BCUT2D eigenvalue weighted by Gasteiger charge is -2.32. The molecule has 0 saturated carbocycles. The summed E-state index contributed by atoms with van der Waals surface area (Å²) in [7, 11) is -3.67. The fraction of sp³-hybridized carbons (Fsp3) is 0.550. The molecule has 0 radical (unpaired) electrons. The van der Waals surface area contributed by atoms with Crippen LogP contribution in [0.2, 0.25) is 0 Å². The van der Waals surface area contributed by atoms with E-state index in [1.165, 1.54) is 16.4 Å². The average Bonchev–Trinajstić information content (AvgIpc) is 3.16. The van der Waals surface area contributed by atoms with Crippen LogP contribution in [0.3, 0.4) is 0 Å². The molecule has 1 saturated heterocycles. The molecule has 0 spiro atoms. The largest absolute Gasteiger partial charge is 0.452 e. The van der Waals surface area contributed by atoms with Crippen molar-refractivity contribution in [2.45, 2.75) is 70.4 Å². The molecule has 0 aliphatic carbocycles. The van der Waals surface area contributed by atoms with Gasteiger partial charge in [0.25, 0.3) is 5.89 Å². The first-order chi connectivity index (χ1) is 13.7. The lowest BCUT2D eigenvalue weighted by atomic mass is 10.1. The van der Waals surface area contributed by atoms with Crippen LogP contribution in [0.5, 0.6) is 0 Å². The highest BCUT2D eigenvalue weighted by atomic mass is 32.2. The fourth-order valence-corrected chi connectivity index (χ4v) is 5.04. The quantitative estimate of drug-likeness (QED) is 0.658. The Balaban J connectivity index is 1.78. The van der Waals surface area contributed by atoms with E-state index in [-0.39, 0.29) is 34.9 Å². The molecule has 1 fully saturated rings. The van der Waals surface area contributed by atoms with E-state index in [1.54, 1.807) is 13.0 Å². The van der Waals surface area contributed by atoms with Crippen LogP contribution in [-0.4, -0.2) is 41.4 Å². The smallest absolute Gasteiger partial charge is 0.338 e. The van der Waals surface area contributed by atoms with E-state index in [1.807, 2.05) is 20.8 Å². The molecule has 158 valence electrons. The highest BCUT2D eigenvalue weighted by Crippen LogP contribution is 2.26.